The van der Waals surface area contributed by atoms with Crippen LogP contribution >= 0.6 is 11.3 Å². The van der Waals surface area contributed by atoms with Gasteiger partial charge in [-0.1, -0.05) is 6.07 Å². The molecule has 0 radical (unpaired) electrons. The second kappa shape index (κ2) is 6.75. The summed E-state index contributed by atoms with van der Waals surface area (Å²) in [6.07, 6.45) is 1.48. The molecule has 3 heterocycles. The summed E-state index contributed by atoms with van der Waals surface area (Å²) in [6, 6.07) is 8.41. The third-order valence-electron chi connectivity index (χ3n) is 3.89. The van der Waals surface area contributed by atoms with E-state index in [9.17, 15) is 8.42 Å². The van der Waals surface area contributed by atoms with Gasteiger partial charge < -0.3 is 13.9 Å². The van der Waals surface area contributed by atoms with Crippen LogP contribution in [-0.4, -0.2) is 38.0 Å². The Morgan fingerprint density at radius 3 is 2.77 bits per heavy atom. The first-order chi connectivity index (χ1) is 12.5. The highest BCUT2D eigenvalue weighted by molar-refractivity contribution is 7.89. The first kappa shape index (κ1) is 17.1. The number of fused-ring (bicyclic) bond motifs is 1. The first-order valence-electron chi connectivity index (χ1n) is 7.88. The molecule has 0 spiro atoms. The van der Waals surface area contributed by atoms with E-state index in [1.54, 1.807) is 6.07 Å². The summed E-state index contributed by atoms with van der Waals surface area (Å²) in [5.74, 6) is 1.47. The molecular formula is C17H16N2O5S2. The molecule has 1 aliphatic heterocycles. The molecule has 9 heteroatoms. The number of ether oxygens (including phenoxy) is 2. The number of rotatable bonds is 5. The van der Waals surface area contributed by atoms with Crippen molar-refractivity contribution in [1.29, 1.82) is 0 Å². The Labute approximate surface area is 154 Å². The maximum atomic E-state index is 12.8. The third-order valence-corrected chi connectivity index (χ3v) is 6.55. The largest absolute Gasteiger partial charge is 0.486 e. The van der Waals surface area contributed by atoms with Crippen LogP contribution in [0, 0.1) is 0 Å². The smallest absolute Gasteiger partial charge is 0.243 e. The fraction of sp³-hybridized carbons (Fsp3) is 0.235. The number of nitrogens with zero attached hydrogens (tertiary/aromatic N) is 2. The third kappa shape index (κ3) is 3.20. The van der Waals surface area contributed by atoms with Crippen LogP contribution in [0.3, 0.4) is 0 Å². The van der Waals surface area contributed by atoms with Crippen molar-refractivity contribution in [2.24, 2.45) is 0 Å². The molecule has 0 N–H and O–H groups in total. The highest BCUT2D eigenvalue weighted by Gasteiger charge is 2.25. The van der Waals surface area contributed by atoms with Gasteiger partial charge >= 0.3 is 0 Å². The Bertz CT molecular complexity index is 1010. The quantitative estimate of drug-likeness (QED) is 0.664. The predicted octanol–water partition coefficient (Wildman–Crippen LogP) is 3.00. The second-order valence-corrected chi connectivity index (χ2v) is 8.68. The average Bonchev–Trinajstić information content (AvgIpc) is 3.32. The average molecular weight is 392 g/mol. The van der Waals surface area contributed by atoms with E-state index in [-0.39, 0.29) is 11.4 Å². The van der Waals surface area contributed by atoms with Crippen molar-refractivity contribution >= 4 is 21.4 Å². The number of hydrogen-bond donors (Lipinski definition) is 0. The van der Waals surface area contributed by atoms with Crippen molar-refractivity contribution < 1.29 is 22.3 Å². The van der Waals surface area contributed by atoms with Gasteiger partial charge in [0.25, 0.3) is 0 Å². The maximum Gasteiger partial charge on any atom is 0.243 e. The number of thiophene rings is 1. The van der Waals surface area contributed by atoms with E-state index in [0.717, 1.165) is 4.88 Å². The van der Waals surface area contributed by atoms with Crippen molar-refractivity contribution in [2.75, 3.05) is 20.3 Å². The van der Waals surface area contributed by atoms with Gasteiger partial charge in [0.05, 0.1) is 22.0 Å². The van der Waals surface area contributed by atoms with Gasteiger partial charge in [0.2, 0.25) is 15.9 Å². The molecule has 0 saturated heterocycles. The lowest BCUT2D eigenvalue weighted by Crippen LogP contribution is -2.27. The molecule has 0 bridgehead atoms. The van der Waals surface area contributed by atoms with Crippen molar-refractivity contribution in [1.82, 2.24) is 9.29 Å². The minimum atomic E-state index is -3.70. The lowest BCUT2D eigenvalue weighted by molar-refractivity contribution is 0.171. The molecule has 0 atom stereocenters. The monoisotopic (exact) mass is 392 g/mol. The molecule has 3 aromatic rings. The minimum absolute atomic E-state index is 0.103. The Balaban J connectivity index is 1.54. The molecule has 0 saturated carbocycles. The minimum Gasteiger partial charge on any atom is -0.486 e. The summed E-state index contributed by atoms with van der Waals surface area (Å²) in [6.45, 7) is 0.958. The maximum absolute atomic E-state index is 12.8. The Hall–Kier alpha value is -2.36. The van der Waals surface area contributed by atoms with E-state index in [0.29, 0.717) is 36.3 Å². The summed E-state index contributed by atoms with van der Waals surface area (Å²) in [7, 11) is -2.19. The zero-order valence-electron chi connectivity index (χ0n) is 13.9. The molecule has 4 rings (SSSR count). The zero-order valence-corrected chi connectivity index (χ0v) is 15.5. The van der Waals surface area contributed by atoms with Crippen LogP contribution in [0.5, 0.6) is 11.5 Å². The predicted molar refractivity (Wildman–Crippen MR) is 95.9 cm³/mol. The summed E-state index contributed by atoms with van der Waals surface area (Å²) in [5.41, 5.74) is 0.539. The van der Waals surface area contributed by atoms with Crippen molar-refractivity contribution in [3.8, 4) is 22.3 Å². The van der Waals surface area contributed by atoms with E-state index in [1.807, 2.05) is 17.5 Å². The highest BCUT2D eigenvalue weighted by atomic mass is 32.2. The lowest BCUT2D eigenvalue weighted by Gasteiger charge is -2.20. The molecule has 0 aliphatic carbocycles. The van der Waals surface area contributed by atoms with Crippen molar-refractivity contribution in [2.45, 2.75) is 11.4 Å². The molecular weight excluding hydrogens is 376 g/mol. The van der Waals surface area contributed by atoms with E-state index in [1.165, 1.54) is 41.1 Å². The first-order valence-corrected chi connectivity index (χ1v) is 10.2. The SMILES string of the molecule is CN(Cc1coc(-c2cccs2)n1)S(=O)(=O)c1ccc2c(c1)OCCO2. The van der Waals surface area contributed by atoms with E-state index >= 15 is 0 Å². The molecule has 1 aromatic carbocycles. The molecule has 1 aliphatic rings. The van der Waals surface area contributed by atoms with Crippen LogP contribution in [0.15, 0.2) is 51.3 Å². The van der Waals surface area contributed by atoms with Crippen LogP contribution in [0.25, 0.3) is 10.8 Å². The van der Waals surface area contributed by atoms with Crippen LogP contribution in [0.4, 0.5) is 0 Å². The molecule has 26 heavy (non-hydrogen) atoms. The topological polar surface area (TPSA) is 81.9 Å². The van der Waals surface area contributed by atoms with Gasteiger partial charge in [-0.05, 0) is 23.6 Å². The molecule has 0 unspecified atom stereocenters. The lowest BCUT2D eigenvalue weighted by atomic mass is 10.3. The zero-order chi connectivity index (χ0) is 18.1. The second-order valence-electron chi connectivity index (χ2n) is 5.69. The number of benzene rings is 1. The number of aromatic nitrogens is 1. The van der Waals surface area contributed by atoms with Crippen LogP contribution in [0.1, 0.15) is 5.69 Å². The van der Waals surface area contributed by atoms with E-state index in [4.69, 9.17) is 13.9 Å². The Morgan fingerprint density at radius 2 is 2.00 bits per heavy atom. The number of oxazole rings is 1. The summed E-state index contributed by atoms with van der Waals surface area (Å²) in [5, 5.41) is 1.93. The van der Waals surface area contributed by atoms with Gasteiger partial charge in [-0.2, -0.15) is 4.31 Å². The van der Waals surface area contributed by atoms with Gasteiger partial charge in [-0.15, -0.1) is 11.3 Å². The number of sulfonamides is 1. The van der Waals surface area contributed by atoms with Gasteiger partial charge in [0.15, 0.2) is 11.5 Å². The number of hydrogen-bond acceptors (Lipinski definition) is 7. The summed E-state index contributed by atoms with van der Waals surface area (Å²) >= 11 is 1.51. The highest BCUT2D eigenvalue weighted by Crippen LogP contribution is 2.33. The molecule has 2 aromatic heterocycles. The van der Waals surface area contributed by atoms with Gasteiger partial charge in [-0.25, -0.2) is 13.4 Å². The molecule has 136 valence electrons. The van der Waals surface area contributed by atoms with Crippen LogP contribution in [-0.2, 0) is 16.6 Å². The fourth-order valence-electron chi connectivity index (χ4n) is 2.57. The van der Waals surface area contributed by atoms with Crippen molar-refractivity contribution in [3.63, 3.8) is 0 Å². The normalized spacial score (nSPS) is 13.9. The Kier molecular flexibility index (Phi) is 4.43. The van der Waals surface area contributed by atoms with Gasteiger partial charge in [0, 0.05) is 13.1 Å². The van der Waals surface area contributed by atoms with E-state index < -0.39 is 10.0 Å². The standard InChI is InChI=1S/C17H16N2O5S2/c1-19(10-12-11-24-17(18-12)16-3-2-8-25-16)26(20,21)13-4-5-14-15(9-13)23-7-6-22-14/h2-5,8-9,11H,6-7,10H2,1H3. The van der Waals surface area contributed by atoms with Crippen LogP contribution < -0.4 is 9.47 Å². The van der Waals surface area contributed by atoms with Gasteiger partial charge in [0.1, 0.15) is 19.5 Å². The summed E-state index contributed by atoms with van der Waals surface area (Å²) < 4.78 is 43.2. The summed E-state index contributed by atoms with van der Waals surface area (Å²) in [4.78, 5) is 5.40. The fourth-order valence-corrected chi connectivity index (χ4v) is 4.38. The molecule has 7 nitrogen and oxygen atoms in total. The van der Waals surface area contributed by atoms with E-state index in [2.05, 4.69) is 4.98 Å². The molecule has 0 fully saturated rings. The molecule has 0 amide bonds. The Morgan fingerprint density at radius 1 is 1.19 bits per heavy atom. The van der Waals surface area contributed by atoms with Crippen molar-refractivity contribution in [3.05, 3.63) is 47.7 Å². The van der Waals surface area contributed by atoms with Gasteiger partial charge in [-0.3, -0.25) is 0 Å². The van der Waals surface area contributed by atoms with Crippen LogP contribution in [0.2, 0.25) is 0 Å².